The molecule has 0 amide bonds. The van der Waals surface area contributed by atoms with Crippen molar-refractivity contribution in [1.82, 2.24) is 25.9 Å². The van der Waals surface area contributed by atoms with Gasteiger partial charge in [0, 0.05) is 6.54 Å². The molecule has 0 fully saturated rings. The molecule has 0 saturated carbocycles. The van der Waals surface area contributed by atoms with Crippen LogP contribution in [0.15, 0.2) is 24.3 Å². The van der Waals surface area contributed by atoms with Gasteiger partial charge in [-0.15, -0.1) is 10.2 Å². The average Bonchev–Trinajstić information content (AvgIpc) is 2.74. The molecular weight excluding hydrogens is 194 g/mol. The number of hydrogen-bond donors (Lipinski definition) is 3. The number of nitrogens with zero attached hydrogens (tertiary/aromatic N) is 3. The van der Waals surface area contributed by atoms with Gasteiger partial charge in [0.1, 0.15) is 5.75 Å². The van der Waals surface area contributed by atoms with Crippen molar-refractivity contribution in [1.29, 1.82) is 0 Å². The predicted molar refractivity (Wildman–Crippen MR) is 52.8 cm³/mol. The standard InChI is InChI=1S/C9H11N5O/c15-8-3-1-7(2-4-8)5-10-6-9-11-13-14-12-9/h1-4,10,15H,5-6H2,(H,11,12,13,14). The van der Waals surface area contributed by atoms with Crippen LogP contribution in [0.25, 0.3) is 0 Å². The Kier molecular flexibility index (Phi) is 2.89. The average molecular weight is 205 g/mol. The van der Waals surface area contributed by atoms with Crippen LogP contribution in [0.2, 0.25) is 0 Å². The van der Waals surface area contributed by atoms with Gasteiger partial charge in [-0.3, -0.25) is 0 Å². The largest absolute Gasteiger partial charge is 0.508 e. The maximum absolute atomic E-state index is 9.08. The summed E-state index contributed by atoms with van der Waals surface area (Å²) in [5.41, 5.74) is 1.09. The van der Waals surface area contributed by atoms with E-state index in [1.165, 1.54) is 0 Å². The molecule has 78 valence electrons. The zero-order chi connectivity index (χ0) is 10.5. The first kappa shape index (κ1) is 9.60. The lowest BCUT2D eigenvalue weighted by molar-refractivity contribution is 0.475. The fourth-order valence-electron chi connectivity index (χ4n) is 1.19. The molecule has 0 unspecified atom stereocenters. The molecule has 1 aromatic heterocycles. The van der Waals surface area contributed by atoms with Crippen LogP contribution in [0.1, 0.15) is 11.4 Å². The number of hydrogen-bond acceptors (Lipinski definition) is 5. The topological polar surface area (TPSA) is 86.7 Å². The lowest BCUT2D eigenvalue weighted by Crippen LogP contribution is -2.13. The van der Waals surface area contributed by atoms with Crippen LogP contribution in [-0.4, -0.2) is 25.7 Å². The molecule has 6 heteroatoms. The van der Waals surface area contributed by atoms with Crippen LogP contribution in [0, 0.1) is 0 Å². The molecule has 6 nitrogen and oxygen atoms in total. The van der Waals surface area contributed by atoms with E-state index in [0.717, 1.165) is 5.56 Å². The van der Waals surface area contributed by atoms with E-state index < -0.39 is 0 Å². The summed E-state index contributed by atoms with van der Waals surface area (Å²) in [5.74, 6) is 0.908. The summed E-state index contributed by atoms with van der Waals surface area (Å²) in [7, 11) is 0. The molecule has 0 saturated heterocycles. The zero-order valence-corrected chi connectivity index (χ0v) is 8.01. The van der Waals surface area contributed by atoms with E-state index in [1.807, 2.05) is 12.1 Å². The predicted octanol–water partition coefficient (Wildman–Crippen LogP) is 0.195. The fraction of sp³-hybridized carbons (Fsp3) is 0.222. The van der Waals surface area contributed by atoms with Crippen LogP contribution in [0.3, 0.4) is 0 Å². The highest BCUT2D eigenvalue weighted by Gasteiger charge is 1.97. The van der Waals surface area contributed by atoms with Crippen molar-refractivity contribution in [2.24, 2.45) is 0 Å². The maximum Gasteiger partial charge on any atom is 0.188 e. The van der Waals surface area contributed by atoms with Crippen molar-refractivity contribution >= 4 is 0 Å². The molecule has 0 radical (unpaired) electrons. The third kappa shape index (κ3) is 2.75. The molecule has 0 aliphatic carbocycles. The highest BCUT2D eigenvalue weighted by atomic mass is 16.3. The summed E-state index contributed by atoms with van der Waals surface area (Å²) < 4.78 is 0. The van der Waals surface area contributed by atoms with E-state index in [1.54, 1.807) is 12.1 Å². The lowest BCUT2D eigenvalue weighted by atomic mass is 10.2. The fourth-order valence-corrected chi connectivity index (χ4v) is 1.19. The molecule has 1 aromatic carbocycles. The highest BCUT2D eigenvalue weighted by molar-refractivity contribution is 5.25. The van der Waals surface area contributed by atoms with Gasteiger partial charge in [-0.1, -0.05) is 17.3 Å². The van der Waals surface area contributed by atoms with Gasteiger partial charge < -0.3 is 10.4 Å². The Morgan fingerprint density at radius 1 is 1.20 bits per heavy atom. The number of benzene rings is 1. The van der Waals surface area contributed by atoms with Crippen LogP contribution in [0.5, 0.6) is 5.75 Å². The Labute approximate surface area is 86.3 Å². The number of phenols is 1. The SMILES string of the molecule is Oc1ccc(CNCc2nn[nH]n2)cc1. The number of aromatic hydroxyl groups is 1. The third-order valence-electron chi connectivity index (χ3n) is 1.94. The van der Waals surface area contributed by atoms with Crippen molar-refractivity contribution in [2.45, 2.75) is 13.1 Å². The number of nitrogens with one attached hydrogen (secondary N) is 2. The first-order valence-corrected chi connectivity index (χ1v) is 4.55. The minimum atomic E-state index is 0.275. The second-order valence-corrected chi connectivity index (χ2v) is 3.10. The molecule has 2 aromatic rings. The third-order valence-corrected chi connectivity index (χ3v) is 1.94. The van der Waals surface area contributed by atoms with Gasteiger partial charge in [0.2, 0.25) is 0 Å². The minimum Gasteiger partial charge on any atom is -0.508 e. The number of aromatic amines is 1. The maximum atomic E-state index is 9.08. The first-order chi connectivity index (χ1) is 7.34. The van der Waals surface area contributed by atoms with Crippen LogP contribution >= 0.6 is 0 Å². The van der Waals surface area contributed by atoms with Crippen molar-refractivity contribution in [2.75, 3.05) is 0 Å². The van der Waals surface area contributed by atoms with E-state index >= 15 is 0 Å². The molecule has 0 atom stereocenters. The van der Waals surface area contributed by atoms with E-state index in [9.17, 15) is 0 Å². The van der Waals surface area contributed by atoms with Crippen LogP contribution < -0.4 is 5.32 Å². The van der Waals surface area contributed by atoms with Gasteiger partial charge in [-0.25, -0.2) is 0 Å². The Morgan fingerprint density at radius 3 is 2.67 bits per heavy atom. The quantitative estimate of drug-likeness (QED) is 0.663. The Bertz CT molecular complexity index is 397. The van der Waals surface area contributed by atoms with E-state index in [4.69, 9.17) is 5.11 Å². The molecule has 15 heavy (non-hydrogen) atoms. The molecule has 0 spiro atoms. The summed E-state index contributed by atoms with van der Waals surface area (Å²) in [6, 6.07) is 7.04. The number of phenolic OH excluding ortho intramolecular Hbond substituents is 1. The van der Waals surface area contributed by atoms with Crippen LogP contribution in [0.4, 0.5) is 0 Å². The zero-order valence-electron chi connectivity index (χ0n) is 8.01. The molecule has 0 aliphatic rings. The molecule has 3 N–H and O–H groups in total. The number of rotatable bonds is 4. The van der Waals surface area contributed by atoms with E-state index in [2.05, 4.69) is 25.9 Å². The van der Waals surface area contributed by atoms with Gasteiger partial charge in [-0.2, -0.15) is 5.21 Å². The monoisotopic (exact) mass is 205 g/mol. The van der Waals surface area contributed by atoms with Crippen molar-refractivity contribution in [3.05, 3.63) is 35.7 Å². The van der Waals surface area contributed by atoms with E-state index in [0.29, 0.717) is 18.9 Å². The Balaban J connectivity index is 1.81. The second kappa shape index (κ2) is 4.52. The van der Waals surface area contributed by atoms with Crippen LogP contribution in [-0.2, 0) is 13.1 Å². The molecular formula is C9H11N5O. The molecule has 0 aliphatic heterocycles. The summed E-state index contributed by atoms with van der Waals surface area (Å²) in [5, 5.41) is 25.7. The Hall–Kier alpha value is -1.95. The van der Waals surface area contributed by atoms with Crippen molar-refractivity contribution < 1.29 is 5.11 Å². The summed E-state index contributed by atoms with van der Waals surface area (Å²) >= 11 is 0. The van der Waals surface area contributed by atoms with Crippen molar-refractivity contribution in [3.63, 3.8) is 0 Å². The summed E-state index contributed by atoms with van der Waals surface area (Å²) in [6.07, 6.45) is 0. The highest BCUT2D eigenvalue weighted by Crippen LogP contribution is 2.09. The smallest absolute Gasteiger partial charge is 0.188 e. The minimum absolute atomic E-state index is 0.275. The van der Waals surface area contributed by atoms with Gasteiger partial charge in [0.15, 0.2) is 5.82 Å². The molecule has 2 rings (SSSR count). The number of H-pyrrole nitrogens is 1. The van der Waals surface area contributed by atoms with Gasteiger partial charge in [0.25, 0.3) is 0 Å². The van der Waals surface area contributed by atoms with Crippen molar-refractivity contribution in [3.8, 4) is 5.75 Å². The number of aromatic nitrogens is 4. The second-order valence-electron chi connectivity index (χ2n) is 3.10. The van der Waals surface area contributed by atoms with E-state index in [-0.39, 0.29) is 5.75 Å². The van der Waals surface area contributed by atoms with Gasteiger partial charge in [-0.05, 0) is 17.7 Å². The first-order valence-electron chi connectivity index (χ1n) is 4.55. The van der Waals surface area contributed by atoms with Gasteiger partial charge >= 0.3 is 0 Å². The molecule has 0 bridgehead atoms. The van der Waals surface area contributed by atoms with Gasteiger partial charge in [0.05, 0.1) is 6.54 Å². The summed E-state index contributed by atoms with van der Waals surface area (Å²) in [6.45, 7) is 1.27. The summed E-state index contributed by atoms with van der Waals surface area (Å²) in [4.78, 5) is 0. The lowest BCUT2D eigenvalue weighted by Gasteiger charge is -2.01. The normalized spacial score (nSPS) is 10.4. The Morgan fingerprint density at radius 2 is 2.00 bits per heavy atom. The number of tetrazole rings is 1. The molecule has 1 heterocycles.